The minimum absolute atomic E-state index is 0.150. The lowest BCUT2D eigenvalue weighted by Gasteiger charge is -2.10. The monoisotopic (exact) mass is 309 g/mol. The second-order valence-corrected chi connectivity index (χ2v) is 5.36. The highest BCUT2D eigenvalue weighted by molar-refractivity contribution is 5.56. The molecule has 3 N–H and O–H groups in total. The van der Waals surface area contributed by atoms with Gasteiger partial charge in [-0.2, -0.15) is 9.67 Å². The molecule has 0 radical (unpaired) electrons. The van der Waals surface area contributed by atoms with Crippen LogP contribution in [0.2, 0.25) is 0 Å². The number of hydrogen-bond donors (Lipinski definition) is 2. The maximum absolute atomic E-state index is 5.94. The van der Waals surface area contributed by atoms with Crippen molar-refractivity contribution in [1.29, 1.82) is 0 Å². The minimum Gasteiger partial charge on any atom is -0.491 e. The van der Waals surface area contributed by atoms with Crippen LogP contribution in [0.4, 0.5) is 17.6 Å². The number of rotatable bonds is 5. The second kappa shape index (κ2) is 6.39. The molecule has 0 unspecified atom stereocenters. The molecule has 0 aliphatic rings. The van der Waals surface area contributed by atoms with Crippen molar-refractivity contribution >= 4 is 17.6 Å². The van der Waals surface area contributed by atoms with Crippen LogP contribution < -0.4 is 15.8 Å². The molecule has 6 heteroatoms. The van der Waals surface area contributed by atoms with Gasteiger partial charge in [0.25, 0.3) is 0 Å². The van der Waals surface area contributed by atoms with E-state index in [0.717, 1.165) is 17.1 Å². The number of benzene rings is 2. The normalized spacial score (nSPS) is 10.7. The molecular weight excluding hydrogens is 290 g/mol. The van der Waals surface area contributed by atoms with Gasteiger partial charge in [0.2, 0.25) is 11.9 Å². The van der Waals surface area contributed by atoms with E-state index in [2.05, 4.69) is 15.4 Å². The molecule has 3 rings (SSSR count). The summed E-state index contributed by atoms with van der Waals surface area (Å²) >= 11 is 0. The highest BCUT2D eigenvalue weighted by Crippen LogP contribution is 2.20. The van der Waals surface area contributed by atoms with Crippen molar-refractivity contribution in [2.45, 2.75) is 20.0 Å². The summed E-state index contributed by atoms with van der Waals surface area (Å²) in [7, 11) is 0. The van der Waals surface area contributed by atoms with Gasteiger partial charge < -0.3 is 15.8 Å². The van der Waals surface area contributed by atoms with Crippen LogP contribution in [0.5, 0.6) is 5.75 Å². The van der Waals surface area contributed by atoms with Crippen molar-refractivity contribution < 1.29 is 4.74 Å². The summed E-state index contributed by atoms with van der Waals surface area (Å²) in [5.74, 6) is 1.61. The van der Waals surface area contributed by atoms with Crippen LogP contribution in [0.15, 0.2) is 54.6 Å². The molecule has 23 heavy (non-hydrogen) atoms. The molecule has 2 aromatic carbocycles. The van der Waals surface area contributed by atoms with E-state index >= 15 is 0 Å². The van der Waals surface area contributed by atoms with Gasteiger partial charge in [-0.25, -0.2) is 0 Å². The molecule has 0 saturated heterocycles. The first-order valence-electron chi connectivity index (χ1n) is 7.43. The van der Waals surface area contributed by atoms with E-state index in [1.54, 1.807) is 4.68 Å². The molecule has 0 spiro atoms. The van der Waals surface area contributed by atoms with E-state index in [-0.39, 0.29) is 6.10 Å². The molecule has 1 heterocycles. The molecule has 0 fully saturated rings. The highest BCUT2D eigenvalue weighted by Gasteiger charge is 2.08. The van der Waals surface area contributed by atoms with Crippen molar-refractivity contribution in [1.82, 2.24) is 14.8 Å². The van der Waals surface area contributed by atoms with Gasteiger partial charge in [-0.05, 0) is 50.2 Å². The molecular formula is C17H19N5O. The van der Waals surface area contributed by atoms with Gasteiger partial charge in [-0.15, -0.1) is 5.10 Å². The molecule has 1 aromatic heterocycles. The lowest BCUT2D eigenvalue weighted by atomic mass is 10.3. The molecule has 0 saturated carbocycles. The van der Waals surface area contributed by atoms with Crippen molar-refractivity contribution in [3.05, 3.63) is 54.6 Å². The van der Waals surface area contributed by atoms with Gasteiger partial charge in [0, 0.05) is 5.69 Å². The number of nitrogens with two attached hydrogens (primary N) is 1. The third-order valence-electron chi connectivity index (χ3n) is 3.12. The summed E-state index contributed by atoms with van der Waals surface area (Å²) in [6.45, 7) is 3.99. The molecule has 6 nitrogen and oxygen atoms in total. The number of anilines is 3. The Labute approximate surface area is 134 Å². The Balaban J connectivity index is 1.76. The predicted molar refractivity (Wildman–Crippen MR) is 91.3 cm³/mol. The molecule has 0 amide bonds. The van der Waals surface area contributed by atoms with Crippen LogP contribution in [0.1, 0.15) is 13.8 Å². The quantitative estimate of drug-likeness (QED) is 0.755. The van der Waals surface area contributed by atoms with E-state index in [0.29, 0.717) is 11.9 Å². The van der Waals surface area contributed by atoms with E-state index in [1.807, 2.05) is 68.4 Å². The second-order valence-electron chi connectivity index (χ2n) is 5.36. The van der Waals surface area contributed by atoms with Crippen LogP contribution in [0.25, 0.3) is 5.69 Å². The maximum atomic E-state index is 5.94. The van der Waals surface area contributed by atoms with Crippen LogP contribution in [-0.2, 0) is 0 Å². The zero-order valence-electron chi connectivity index (χ0n) is 13.1. The van der Waals surface area contributed by atoms with E-state index in [1.165, 1.54) is 0 Å². The van der Waals surface area contributed by atoms with Crippen molar-refractivity contribution in [3.63, 3.8) is 0 Å². The van der Waals surface area contributed by atoms with Gasteiger partial charge >= 0.3 is 0 Å². The summed E-state index contributed by atoms with van der Waals surface area (Å²) in [5.41, 5.74) is 7.67. The lowest BCUT2D eigenvalue weighted by molar-refractivity contribution is 0.242. The van der Waals surface area contributed by atoms with Gasteiger partial charge in [-0.1, -0.05) is 18.2 Å². The number of ether oxygens (including phenoxy) is 1. The van der Waals surface area contributed by atoms with Gasteiger partial charge in [0.1, 0.15) is 5.75 Å². The molecule has 0 atom stereocenters. The average molecular weight is 309 g/mol. The molecule has 0 aliphatic heterocycles. The Morgan fingerprint density at radius 2 is 1.74 bits per heavy atom. The van der Waals surface area contributed by atoms with E-state index in [9.17, 15) is 0 Å². The van der Waals surface area contributed by atoms with Gasteiger partial charge in [0.05, 0.1) is 11.8 Å². The van der Waals surface area contributed by atoms with Crippen LogP contribution in [0.3, 0.4) is 0 Å². The fourth-order valence-electron chi connectivity index (χ4n) is 2.15. The first-order chi connectivity index (χ1) is 11.1. The summed E-state index contributed by atoms with van der Waals surface area (Å²) < 4.78 is 7.21. The number of nitrogens with one attached hydrogen (secondary N) is 1. The summed E-state index contributed by atoms with van der Waals surface area (Å²) in [5, 5.41) is 7.52. The number of para-hydroxylation sites is 1. The minimum atomic E-state index is 0.150. The largest absolute Gasteiger partial charge is 0.491 e. The first kappa shape index (κ1) is 14.9. The number of aromatic nitrogens is 3. The molecule has 118 valence electrons. The smallest absolute Gasteiger partial charge is 0.248 e. The fraction of sp³-hybridized carbons (Fsp3) is 0.176. The van der Waals surface area contributed by atoms with E-state index < -0.39 is 0 Å². The van der Waals surface area contributed by atoms with E-state index in [4.69, 9.17) is 10.5 Å². The first-order valence-corrected chi connectivity index (χ1v) is 7.43. The Morgan fingerprint density at radius 1 is 1.04 bits per heavy atom. The standard InChI is InChI=1S/C17H19N5O/c1-12(2)23-15-10-8-13(9-11-15)19-17-20-16(18)22(21-17)14-6-4-3-5-7-14/h3-12H,1-2H3,(H3,18,19,20,21). The Bertz CT molecular complexity index is 765. The SMILES string of the molecule is CC(C)Oc1ccc(Nc2nc(N)n(-c3ccccc3)n2)cc1. The van der Waals surface area contributed by atoms with Gasteiger partial charge in [-0.3, -0.25) is 0 Å². The zero-order valence-corrected chi connectivity index (χ0v) is 13.1. The Kier molecular flexibility index (Phi) is 4.14. The maximum Gasteiger partial charge on any atom is 0.248 e. The third-order valence-corrected chi connectivity index (χ3v) is 3.12. The summed E-state index contributed by atoms with van der Waals surface area (Å²) in [6.07, 6.45) is 0.150. The van der Waals surface area contributed by atoms with Crippen molar-refractivity contribution in [3.8, 4) is 11.4 Å². The Morgan fingerprint density at radius 3 is 2.39 bits per heavy atom. The summed E-state index contributed by atoms with van der Waals surface area (Å²) in [6, 6.07) is 17.3. The topological polar surface area (TPSA) is 78.0 Å². The highest BCUT2D eigenvalue weighted by atomic mass is 16.5. The number of nitrogens with zero attached hydrogens (tertiary/aromatic N) is 3. The average Bonchev–Trinajstić information content (AvgIpc) is 2.90. The third kappa shape index (κ3) is 3.60. The lowest BCUT2D eigenvalue weighted by Crippen LogP contribution is -2.05. The van der Waals surface area contributed by atoms with Crippen LogP contribution in [-0.4, -0.2) is 20.9 Å². The number of hydrogen-bond acceptors (Lipinski definition) is 5. The van der Waals surface area contributed by atoms with Crippen molar-refractivity contribution in [2.24, 2.45) is 0 Å². The van der Waals surface area contributed by atoms with Crippen LogP contribution >= 0.6 is 0 Å². The van der Waals surface area contributed by atoms with Crippen molar-refractivity contribution in [2.75, 3.05) is 11.1 Å². The molecule has 3 aromatic rings. The fourth-order valence-corrected chi connectivity index (χ4v) is 2.15. The Hall–Kier alpha value is -3.02. The molecule has 0 aliphatic carbocycles. The summed E-state index contributed by atoms with van der Waals surface area (Å²) in [4.78, 5) is 4.24. The molecule has 0 bridgehead atoms. The number of nitrogen functional groups attached to an aromatic ring is 1. The van der Waals surface area contributed by atoms with Crippen LogP contribution in [0, 0.1) is 0 Å². The zero-order chi connectivity index (χ0) is 16.2. The predicted octanol–water partition coefficient (Wildman–Crippen LogP) is 3.38. The van der Waals surface area contributed by atoms with Gasteiger partial charge in [0.15, 0.2) is 0 Å².